The van der Waals surface area contributed by atoms with Gasteiger partial charge < -0.3 is 23.7 Å². The Hall–Kier alpha value is -3.65. The number of carbonyl (C=O) groups is 2. The van der Waals surface area contributed by atoms with Gasteiger partial charge in [-0.2, -0.15) is 0 Å². The Morgan fingerprint density at radius 3 is 2.44 bits per heavy atom. The molecule has 1 atom stereocenters. The number of hydrogen-bond acceptors (Lipinski definition) is 7. The topological polar surface area (TPSA) is 89.3 Å². The van der Waals surface area contributed by atoms with Crippen LogP contribution >= 0.6 is 0 Å². The number of rotatable bonds is 6. The number of likely N-dealkylation sites (N-methyl/N-ethyl adjacent to an activating group) is 1. The van der Waals surface area contributed by atoms with Crippen molar-refractivity contribution in [2.75, 3.05) is 41.4 Å². The molecule has 0 N–H and O–H groups in total. The van der Waals surface area contributed by atoms with Gasteiger partial charge in [-0.15, -0.1) is 0 Å². The normalized spacial score (nSPS) is 15.3. The fourth-order valence-electron chi connectivity index (χ4n) is 3.93. The van der Waals surface area contributed by atoms with Gasteiger partial charge in [-0.1, -0.05) is 12.1 Å². The van der Waals surface area contributed by atoms with E-state index in [1.54, 1.807) is 47.4 Å². The third kappa shape index (κ3) is 3.62. The summed E-state index contributed by atoms with van der Waals surface area (Å²) in [5.41, 5.74) is 1.45. The summed E-state index contributed by atoms with van der Waals surface area (Å²) in [7, 11) is 6.67. The van der Waals surface area contributed by atoms with Crippen molar-refractivity contribution in [1.82, 2.24) is 9.80 Å². The van der Waals surface area contributed by atoms with Gasteiger partial charge in [0.05, 0.1) is 36.8 Å². The van der Waals surface area contributed by atoms with Crippen LogP contribution in [0.1, 0.15) is 38.1 Å². The van der Waals surface area contributed by atoms with Crippen molar-refractivity contribution in [2.45, 2.75) is 6.04 Å². The summed E-state index contributed by atoms with van der Waals surface area (Å²) in [6.07, 6.45) is 0. The lowest BCUT2D eigenvalue weighted by atomic mass is 9.97. The smallest absolute Gasteiger partial charge is 0.337 e. The van der Waals surface area contributed by atoms with Gasteiger partial charge in [0.25, 0.3) is 5.91 Å². The summed E-state index contributed by atoms with van der Waals surface area (Å²) >= 11 is 0. The third-order valence-electron chi connectivity index (χ3n) is 5.61. The number of esters is 1. The minimum absolute atomic E-state index is 0.0385. The Balaban J connectivity index is 1.88. The van der Waals surface area contributed by atoms with Crippen molar-refractivity contribution < 1.29 is 23.5 Å². The van der Waals surface area contributed by atoms with Gasteiger partial charge in [0.1, 0.15) is 11.3 Å². The molecule has 0 saturated carbocycles. The number of hydrogen-bond donors (Lipinski definition) is 0. The highest BCUT2D eigenvalue weighted by atomic mass is 16.5. The van der Waals surface area contributed by atoms with E-state index in [1.165, 1.54) is 14.2 Å². The molecule has 0 spiro atoms. The molecule has 0 unspecified atom stereocenters. The van der Waals surface area contributed by atoms with E-state index in [2.05, 4.69) is 0 Å². The summed E-state index contributed by atoms with van der Waals surface area (Å²) in [5, 5.41) is 0.378. The van der Waals surface area contributed by atoms with Gasteiger partial charge in [0, 0.05) is 19.2 Å². The van der Waals surface area contributed by atoms with Crippen LogP contribution in [0.2, 0.25) is 0 Å². The highest BCUT2D eigenvalue weighted by Gasteiger charge is 2.42. The quantitative estimate of drug-likeness (QED) is 0.549. The van der Waals surface area contributed by atoms with E-state index in [0.29, 0.717) is 46.5 Å². The molecule has 0 fully saturated rings. The minimum Gasteiger partial charge on any atom is -0.497 e. The Morgan fingerprint density at radius 2 is 1.81 bits per heavy atom. The zero-order chi connectivity index (χ0) is 23.0. The maximum atomic E-state index is 13.5. The number of methoxy groups -OCH3 is 2. The van der Waals surface area contributed by atoms with E-state index >= 15 is 0 Å². The average molecular weight is 436 g/mol. The molecule has 0 bridgehead atoms. The number of ether oxygens (including phenoxy) is 2. The first-order valence-electron chi connectivity index (χ1n) is 10.1. The van der Waals surface area contributed by atoms with Crippen molar-refractivity contribution in [3.05, 3.63) is 75.1 Å². The lowest BCUT2D eigenvalue weighted by molar-refractivity contribution is 0.0599. The summed E-state index contributed by atoms with van der Waals surface area (Å²) in [6.45, 7) is 1.01. The standard InChI is InChI=1S/C24H24N2O6/c1-25(2)11-12-26-20(14-5-7-15(8-6-14)24(29)31-4)19-21(27)17-10-9-16(30-3)13-18(17)32-22(19)23(26)28/h5-10,13,20H,11-12H2,1-4H3/t20-/m1/s1. The zero-order valence-corrected chi connectivity index (χ0v) is 18.4. The lowest BCUT2D eigenvalue weighted by Gasteiger charge is -2.26. The Kier molecular flexibility index (Phi) is 5.71. The van der Waals surface area contributed by atoms with Crippen LogP contribution in [0.5, 0.6) is 5.75 Å². The number of fused-ring (bicyclic) bond motifs is 2. The van der Waals surface area contributed by atoms with Crippen LogP contribution < -0.4 is 10.2 Å². The van der Waals surface area contributed by atoms with Crippen LogP contribution in [0.3, 0.4) is 0 Å². The van der Waals surface area contributed by atoms with Crippen LogP contribution in [0.4, 0.5) is 0 Å². The highest BCUT2D eigenvalue weighted by Crippen LogP contribution is 2.38. The summed E-state index contributed by atoms with van der Waals surface area (Å²) in [4.78, 5) is 42.2. The number of benzene rings is 2. The molecule has 1 aromatic heterocycles. The Bertz CT molecular complexity index is 1250. The fourth-order valence-corrected chi connectivity index (χ4v) is 3.93. The van der Waals surface area contributed by atoms with E-state index in [1.807, 2.05) is 19.0 Å². The molecular weight excluding hydrogens is 412 g/mol. The summed E-state index contributed by atoms with van der Waals surface area (Å²) in [6, 6.07) is 11.0. The van der Waals surface area contributed by atoms with Gasteiger partial charge >= 0.3 is 5.97 Å². The molecule has 32 heavy (non-hydrogen) atoms. The fraction of sp³-hybridized carbons (Fsp3) is 0.292. The second-order valence-electron chi connectivity index (χ2n) is 7.85. The van der Waals surface area contributed by atoms with Crippen molar-refractivity contribution in [3.8, 4) is 5.75 Å². The molecule has 1 amide bonds. The SMILES string of the molecule is COC(=O)c1ccc([C@@H]2c3c(oc4cc(OC)ccc4c3=O)C(=O)N2CCN(C)C)cc1. The molecule has 2 aromatic carbocycles. The van der Waals surface area contributed by atoms with E-state index in [4.69, 9.17) is 13.9 Å². The van der Waals surface area contributed by atoms with Crippen LogP contribution in [0, 0.1) is 0 Å². The molecule has 8 heteroatoms. The minimum atomic E-state index is -0.619. The van der Waals surface area contributed by atoms with Gasteiger partial charge in [-0.3, -0.25) is 9.59 Å². The van der Waals surface area contributed by atoms with Gasteiger partial charge in [-0.05, 0) is 43.9 Å². The maximum Gasteiger partial charge on any atom is 0.337 e. The molecule has 0 saturated heterocycles. The van der Waals surface area contributed by atoms with Crippen molar-refractivity contribution in [2.24, 2.45) is 0 Å². The first-order chi connectivity index (χ1) is 15.3. The van der Waals surface area contributed by atoms with Crippen LogP contribution in [-0.4, -0.2) is 63.1 Å². The monoisotopic (exact) mass is 436 g/mol. The van der Waals surface area contributed by atoms with E-state index in [-0.39, 0.29) is 17.1 Å². The molecule has 1 aliphatic heterocycles. The third-order valence-corrected chi connectivity index (χ3v) is 5.61. The molecule has 4 rings (SSSR count). The van der Waals surface area contributed by atoms with Crippen molar-refractivity contribution in [3.63, 3.8) is 0 Å². The first kappa shape index (κ1) is 21.6. The van der Waals surface area contributed by atoms with E-state index in [0.717, 1.165) is 0 Å². The number of carbonyl (C=O) groups excluding carboxylic acids is 2. The molecule has 3 aromatic rings. The van der Waals surface area contributed by atoms with Gasteiger partial charge in [-0.25, -0.2) is 4.79 Å². The van der Waals surface area contributed by atoms with Crippen molar-refractivity contribution in [1.29, 1.82) is 0 Å². The molecule has 8 nitrogen and oxygen atoms in total. The van der Waals surface area contributed by atoms with E-state index in [9.17, 15) is 14.4 Å². The lowest BCUT2D eigenvalue weighted by Crippen LogP contribution is -2.35. The molecule has 1 aliphatic rings. The average Bonchev–Trinajstić information content (AvgIpc) is 3.08. The maximum absolute atomic E-state index is 13.5. The van der Waals surface area contributed by atoms with Crippen LogP contribution in [0.25, 0.3) is 11.0 Å². The number of amides is 1. The summed E-state index contributed by atoms with van der Waals surface area (Å²) in [5.74, 6) is -0.226. The van der Waals surface area contributed by atoms with Crippen LogP contribution in [0.15, 0.2) is 51.7 Å². The summed E-state index contributed by atoms with van der Waals surface area (Å²) < 4.78 is 15.9. The van der Waals surface area contributed by atoms with Gasteiger partial charge in [0.2, 0.25) is 5.76 Å². The second-order valence-corrected chi connectivity index (χ2v) is 7.85. The number of nitrogens with zero attached hydrogens (tertiary/aromatic N) is 2. The van der Waals surface area contributed by atoms with Crippen molar-refractivity contribution >= 4 is 22.8 Å². The highest BCUT2D eigenvalue weighted by molar-refractivity contribution is 5.99. The van der Waals surface area contributed by atoms with Crippen LogP contribution in [-0.2, 0) is 4.74 Å². The molecular formula is C24H24N2O6. The Labute approximate surface area is 184 Å². The largest absolute Gasteiger partial charge is 0.497 e. The molecule has 2 heterocycles. The Morgan fingerprint density at radius 1 is 1.09 bits per heavy atom. The molecule has 166 valence electrons. The molecule has 0 radical (unpaired) electrons. The second kappa shape index (κ2) is 8.47. The van der Waals surface area contributed by atoms with E-state index < -0.39 is 12.0 Å². The predicted molar refractivity (Wildman–Crippen MR) is 118 cm³/mol. The predicted octanol–water partition coefficient (Wildman–Crippen LogP) is 2.70. The first-order valence-corrected chi connectivity index (χ1v) is 10.1. The zero-order valence-electron chi connectivity index (χ0n) is 18.4. The van der Waals surface area contributed by atoms with Gasteiger partial charge in [0.15, 0.2) is 5.43 Å². The molecule has 0 aliphatic carbocycles.